The van der Waals surface area contributed by atoms with E-state index in [4.69, 9.17) is 0 Å². The van der Waals surface area contributed by atoms with E-state index < -0.39 is 0 Å². The highest BCUT2D eigenvalue weighted by atomic mass is 32.2. The molecule has 0 saturated carbocycles. The average molecular weight is 230 g/mol. The predicted octanol–water partition coefficient (Wildman–Crippen LogP) is 3.60. The largest absolute Gasteiger partial charge is 0.343 e. The highest BCUT2D eigenvalue weighted by Gasteiger charge is 2.21. The molecular formula is C13H14N2S. The van der Waals surface area contributed by atoms with Crippen LogP contribution < -0.4 is 4.90 Å². The van der Waals surface area contributed by atoms with Gasteiger partial charge in [0.25, 0.3) is 0 Å². The summed E-state index contributed by atoms with van der Waals surface area (Å²) in [4.78, 5) is 8.76. The van der Waals surface area contributed by atoms with Crippen molar-refractivity contribution in [2.75, 3.05) is 11.9 Å². The molecule has 2 heterocycles. The van der Waals surface area contributed by atoms with Gasteiger partial charge in [-0.25, -0.2) is 0 Å². The van der Waals surface area contributed by atoms with Gasteiger partial charge < -0.3 is 4.90 Å². The lowest BCUT2D eigenvalue weighted by Crippen LogP contribution is -2.21. The summed E-state index contributed by atoms with van der Waals surface area (Å²) >= 11 is 1.75. The first-order chi connectivity index (χ1) is 7.77. The van der Waals surface area contributed by atoms with E-state index in [1.807, 2.05) is 30.6 Å². The molecular weight excluding hydrogens is 216 g/mol. The second-order valence-corrected chi connectivity index (χ2v) is 4.53. The maximum atomic E-state index is 4.16. The number of rotatable bonds is 1. The smallest absolute Gasteiger partial charge is 0.0581 e. The van der Waals surface area contributed by atoms with Gasteiger partial charge in [-0.15, -0.1) is 0 Å². The second-order valence-electron chi connectivity index (χ2n) is 3.45. The number of anilines is 1. The normalized spacial score (nSPS) is 20.0. The highest BCUT2D eigenvalue weighted by Crippen LogP contribution is 2.44. The third-order valence-electron chi connectivity index (χ3n) is 2.50. The lowest BCUT2D eigenvalue weighted by molar-refractivity contribution is 1.06. The van der Waals surface area contributed by atoms with E-state index in [1.165, 1.54) is 21.2 Å². The van der Waals surface area contributed by atoms with E-state index in [0.29, 0.717) is 0 Å². The van der Waals surface area contributed by atoms with Crippen LogP contribution in [0.1, 0.15) is 6.92 Å². The maximum Gasteiger partial charge on any atom is 0.0581 e. The maximum absolute atomic E-state index is 4.16. The Balaban J connectivity index is 2.55. The van der Waals surface area contributed by atoms with Crippen molar-refractivity contribution in [1.82, 2.24) is 4.98 Å². The molecule has 1 aromatic rings. The van der Waals surface area contributed by atoms with Crippen molar-refractivity contribution in [3.05, 3.63) is 53.9 Å². The van der Waals surface area contributed by atoms with Crippen LogP contribution in [-0.2, 0) is 0 Å². The van der Waals surface area contributed by atoms with Crippen LogP contribution in [0.3, 0.4) is 0 Å². The molecule has 82 valence electrons. The van der Waals surface area contributed by atoms with Gasteiger partial charge in [-0.05, 0) is 19.1 Å². The molecule has 1 aromatic heterocycles. The van der Waals surface area contributed by atoms with Crippen molar-refractivity contribution in [3.8, 4) is 0 Å². The summed E-state index contributed by atoms with van der Waals surface area (Å²) in [5.74, 6) is 0. The fourth-order valence-electron chi connectivity index (χ4n) is 1.71. The van der Waals surface area contributed by atoms with Crippen molar-refractivity contribution in [2.24, 2.45) is 0 Å². The van der Waals surface area contributed by atoms with Crippen molar-refractivity contribution in [3.63, 3.8) is 0 Å². The van der Waals surface area contributed by atoms with E-state index in [2.05, 4.69) is 36.5 Å². The van der Waals surface area contributed by atoms with Crippen molar-refractivity contribution < 1.29 is 0 Å². The fraction of sp³-hybridized carbons (Fsp3) is 0.154. The summed E-state index contributed by atoms with van der Waals surface area (Å²) in [7, 11) is 2.07. The number of nitrogens with zero attached hydrogens (tertiary/aromatic N) is 2. The van der Waals surface area contributed by atoms with Crippen LogP contribution in [0.4, 0.5) is 5.69 Å². The van der Waals surface area contributed by atoms with Gasteiger partial charge in [-0.3, -0.25) is 4.98 Å². The van der Waals surface area contributed by atoms with Gasteiger partial charge in [0.2, 0.25) is 0 Å². The van der Waals surface area contributed by atoms with Gasteiger partial charge >= 0.3 is 0 Å². The summed E-state index contributed by atoms with van der Waals surface area (Å²) < 4.78 is 0. The van der Waals surface area contributed by atoms with Crippen LogP contribution in [-0.4, -0.2) is 12.0 Å². The summed E-state index contributed by atoms with van der Waals surface area (Å²) in [6.07, 6.45) is 9.70. The summed E-state index contributed by atoms with van der Waals surface area (Å²) in [5, 5.41) is 0. The quantitative estimate of drug-likeness (QED) is 0.733. The van der Waals surface area contributed by atoms with E-state index in [9.17, 15) is 0 Å². The molecule has 0 amide bonds. The first-order valence-electron chi connectivity index (χ1n) is 5.13. The first kappa shape index (κ1) is 11.0. The lowest BCUT2D eigenvalue weighted by atomic mass is 10.2. The van der Waals surface area contributed by atoms with Gasteiger partial charge in [0, 0.05) is 24.3 Å². The number of hydrogen-bond donors (Lipinski definition) is 0. The molecule has 3 heteroatoms. The molecule has 0 bridgehead atoms. The number of aromatic nitrogens is 1. The molecule has 0 N–H and O–H groups in total. The second kappa shape index (κ2) is 4.58. The third-order valence-corrected chi connectivity index (χ3v) is 3.69. The molecule has 0 aliphatic carbocycles. The van der Waals surface area contributed by atoms with Crippen molar-refractivity contribution in [1.29, 1.82) is 0 Å². The molecule has 0 aromatic carbocycles. The topological polar surface area (TPSA) is 16.1 Å². The summed E-state index contributed by atoms with van der Waals surface area (Å²) in [6, 6.07) is 2.03. The fourth-order valence-corrected chi connectivity index (χ4v) is 2.79. The van der Waals surface area contributed by atoms with Crippen LogP contribution in [0, 0.1) is 0 Å². The molecule has 2 nitrogen and oxygen atoms in total. The monoisotopic (exact) mass is 230 g/mol. The van der Waals surface area contributed by atoms with Gasteiger partial charge in [0.05, 0.1) is 16.3 Å². The summed E-state index contributed by atoms with van der Waals surface area (Å²) in [6.45, 7) is 5.81. The summed E-state index contributed by atoms with van der Waals surface area (Å²) in [5.41, 5.74) is 2.37. The lowest BCUT2D eigenvalue weighted by Gasteiger charge is -2.31. The Bertz CT molecular complexity index is 475. The molecule has 0 spiro atoms. The van der Waals surface area contributed by atoms with Crippen LogP contribution in [0.15, 0.2) is 58.8 Å². The van der Waals surface area contributed by atoms with Gasteiger partial charge in [-0.2, -0.15) is 0 Å². The van der Waals surface area contributed by atoms with Crippen LogP contribution in [0.25, 0.3) is 0 Å². The van der Waals surface area contributed by atoms with E-state index in [-0.39, 0.29) is 0 Å². The minimum atomic E-state index is 1.18. The minimum Gasteiger partial charge on any atom is -0.343 e. The van der Waals surface area contributed by atoms with Crippen LogP contribution in [0.5, 0.6) is 0 Å². The van der Waals surface area contributed by atoms with Crippen molar-refractivity contribution >= 4 is 17.4 Å². The molecule has 0 unspecified atom stereocenters. The Kier molecular flexibility index (Phi) is 3.15. The minimum absolute atomic E-state index is 1.18. The van der Waals surface area contributed by atoms with E-state index in [0.717, 1.165) is 0 Å². The number of thioether (sulfide) groups is 1. The molecule has 16 heavy (non-hydrogen) atoms. The molecule has 1 aliphatic rings. The average Bonchev–Trinajstić information content (AvgIpc) is 2.33. The zero-order chi connectivity index (χ0) is 11.5. The molecule has 1 aliphatic heterocycles. The molecule has 0 atom stereocenters. The predicted molar refractivity (Wildman–Crippen MR) is 70.5 cm³/mol. The van der Waals surface area contributed by atoms with Crippen LogP contribution in [0.2, 0.25) is 0 Å². The van der Waals surface area contributed by atoms with Gasteiger partial charge in [-0.1, -0.05) is 30.5 Å². The number of likely N-dealkylation sites (N-methyl/N-ethyl adjacent to an activating group) is 1. The Morgan fingerprint density at radius 2 is 2.31 bits per heavy atom. The Morgan fingerprint density at radius 1 is 1.50 bits per heavy atom. The SMILES string of the molecule is C=C/C=C1\C(=C/C)Sc2cnccc2N1C. The number of fused-ring (bicyclic) bond motifs is 1. The number of allylic oxidation sites excluding steroid dienone is 3. The van der Waals surface area contributed by atoms with Gasteiger partial charge in [0.1, 0.15) is 0 Å². The first-order valence-corrected chi connectivity index (χ1v) is 5.94. The zero-order valence-corrected chi connectivity index (χ0v) is 10.3. The Hall–Kier alpha value is -1.48. The molecule has 0 radical (unpaired) electrons. The number of hydrogen-bond acceptors (Lipinski definition) is 3. The molecule has 0 saturated heterocycles. The van der Waals surface area contributed by atoms with E-state index in [1.54, 1.807) is 11.8 Å². The van der Waals surface area contributed by atoms with Crippen LogP contribution >= 0.6 is 11.8 Å². The van der Waals surface area contributed by atoms with Gasteiger partial charge in [0.15, 0.2) is 0 Å². The standard InChI is InChI=1S/C13H14N2S/c1-4-6-10-12(5-2)16-13-9-14-8-7-11(13)15(10)3/h4-9H,1H2,2-3H3/b10-6+,12-5+. The highest BCUT2D eigenvalue weighted by molar-refractivity contribution is 8.03. The van der Waals surface area contributed by atoms with E-state index >= 15 is 0 Å². The zero-order valence-electron chi connectivity index (χ0n) is 9.47. The number of pyridine rings is 1. The van der Waals surface area contributed by atoms with Crippen molar-refractivity contribution in [2.45, 2.75) is 11.8 Å². The third kappa shape index (κ3) is 1.78. The molecule has 0 fully saturated rings. The Morgan fingerprint density at radius 3 is 3.00 bits per heavy atom. The molecule has 2 rings (SSSR count). The Labute approximate surface area is 100 Å².